The molecule has 0 aliphatic heterocycles. The van der Waals surface area contributed by atoms with Crippen molar-refractivity contribution in [2.75, 3.05) is 5.32 Å². The second-order valence-electron chi connectivity index (χ2n) is 4.43. The van der Waals surface area contributed by atoms with E-state index in [0.29, 0.717) is 5.28 Å². The Morgan fingerprint density at radius 2 is 1.71 bits per heavy atom. The maximum absolute atomic E-state index is 5.79. The minimum Gasteiger partial charge on any atom is -0.365 e. The molecule has 0 radical (unpaired) electrons. The van der Waals surface area contributed by atoms with E-state index in [1.807, 2.05) is 13.8 Å². The molecule has 1 N–H and O–H groups in total. The molecule has 1 heterocycles. The summed E-state index contributed by atoms with van der Waals surface area (Å²) in [5.41, 5.74) is 1.94. The zero-order valence-electron chi connectivity index (χ0n) is 9.27. The van der Waals surface area contributed by atoms with Crippen LogP contribution in [0.4, 0.5) is 5.82 Å². The lowest BCUT2D eigenvalue weighted by atomic mass is 10.1. The van der Waals surface area contributed by atoms with Gasteiger partial charge in [0.05, 0.1) is 0 Å². The molecule has 1 aromatic heterocycles. The van der Waals surface area contributed by atoms with Crippen molar-refractivity contribution in [1.29, 1.82) is 0 Å². The first-order valence-corrected chi connectivity index (χ1v) is 4.96. The number of aromatic nitrogens is 2. The fourth-order valence-corrected chi connectivity index (χ4v) is 1.28. The highest BCUT2D eigenvalue weighted by Crippen LogP contribution is 2.20. The zero-order chi connectivity index (χ0) is 10.9. The lowest BCUT2D eigenvalue weighted by Gasteiger charge is -2.22. The van der Waals surface area contributed by atoms with Crippen LogP contribution >= 0.6 is 11.6 Å². The van der Waals surface area contributed by atoms with Crippen molar-refractivity contribution in [2.45, 2.75) is 40.2 Å². The third-order valence-corrected chi connectivity index (χ3v) is 2.02. The van der Waals surface area contributed by atoms with Gasteiger partial charge in [-0.3, -0.25) is 0 Å². The molecule has 1 aromatic rings. The van der Waals surface area contributed by atoms with Crippen LogP contribution in [0.25, 0.3) is 0 Å². The molecular weight excluding hydrogens is 198 g/mol. The van der Waals surface area contributed by atoms with E-state index < -0.39 is 0 Å². The number of hydrogen-bond acceptors (Lipinski definition) is 3. The second-order valence-corrected chi connectivity index (χ2v) is 4.76. The van der Waals surface area contributed by atoms with Crippen LogP contribution in [0, 0.1) is 13.8 Å². The zero-order valence-corrected chi connectivity index (χ0v) is 10.0. The molecule has 0 aliphatic rings. The molecule has 0 amide bonds. The quantitative estimate of drug-likeness (QED) is 0.729. The molecular formula is C10H16ClN3. The van der Waals surface area contributed by atoms with Gasteiger partial charge in [-0.05, 0) is 46.2 Å². The van der Waals surface area contributed by atoms with Gasteiger partial charge >= 0.3 is 0 Å². The molecule has 78 valence electrons. The van der Waals surface area contributed by atoms with Gasteiger partial charge in [-0.25, -0.2) is 9.97 Å². The number of halogens is 1. The molecule has 0 spiro atoms. The van der Waals surface area contributed by atoms with Gasteiger partial charge in [-0.1, -0.05) is 0 Å². The lowest BCUT2D eigenvalue weighted by Crippen LogP contribution is -2.27. The molecule has 0 bridgehead atoms. The highest BCUT2D eigenvalue weighted by molar-refractivity contribution is 6.28. The topological polar surface area (TPSA) is 37.8 Å². The van der Waals surface area contributed by atoms with Crippen LogP contribution in [0.5, 0.6) is 0 Å². The van der Waals surface area contributed by atoms with Crippen molar-refractivity contribution in [1.82, 2.24) is 9.97 Å². The fraction of sp³-hybridized carbons (Fsp3) is 0.600. The van der Waals surface area contributed by atoms with Crippen LogP contribution < -0.4 is 5.32 Å². The minimum atomic E-state index is -0.0190. The maximum atomic E-state index is 5.79. The highest BCUT2D eigenvalue weighted by atomic mass is 35.5. The van der Waals surface area contributed by atoms with Crippen molar-refractivity contribution in [3.05, 3.63) is 16.5 Å². The van der Waals surface area contributed by atoms with Gasteiger partial charge in [0.1, 0.15) is 5.82 Å². The molecule has 3 nitrogen and oxygen atoms in total. The number of rotatable bonds is 1. The SMILES string of the molecule is Cc1nc(Cl)nc(NC(C)(C)C)c1C. The average Bonchev–Trinajstić information content (AvgIpc) is 1.96. The first-order valence-electron chi connectivity index (χ1n) is 4.58. The first kappa shape index (κ1) is 11.2. The number of nitrogens with zero attached hydrogens (tertiary/aromatic N) is 2. The Labute approximate surface area is 89.9 Å². The summed E-state index contributed by atoms with van der Waals surface area (Å²) >= 11 is 5.79. The average molecular weight is 214 g/mol. The van der Waals surface area contributed by atoms with Crippen LogP contribution in [-0.4, -0.2) is 15.5 Å². The van der Waals surface area contributed by atoms with E-state index in [9.17, 15) is 0 Å². The van der Waals surface area contributed by atoms with Crippen LogP contribution in [0.1, 0.15) is 32.0 Å². The van der Waals surface area contributed by atoms with E-state index in [1.165, 1.54) is 0 Å². The van der Waals surface area contributed by atoms with Crippen LogP contribution in [-0.2, 0) is 0 Å². The third-order valence-electron chi connectivity index (χ3n) is 1.86. The molecule has 14 heavy (non-hydrogen) atoms. The Kier molecular flexibility index (Phi) is 3.00. The summed E-state index contributed by atoms with van der Waals surface area (Å²) in [6, 6.07) is 0. The van der Waals surface area contributed by atoms with Crippen molar-refractivity contribution in [2.24, 2.45) is 0 Å². The van der Waals surface area contributed by atoms with Crippen molar-refractivity contribution in [3.63, 3.8) is 0 Å². The van der Waals surface area contributed by atoms with Crippen LogP contribution in [0.2, 0.25) is 5.28 Å². The maximum Gasteiger partial charge on any atom is 0.224 e. The Bertz CT molecular complexity index is 342. The van der Waals surface area contributed by atoms with E-state index in [2.05, 4.69) is 36.1 Å². The Hall–Kier alpha value is -0.830. The monoisotopic (exact) mass is 213 g/mol. The largest absolute Gasteiger partial charge is 0.365 e. The summed E-state index contributed by atoms with van der Waals surface area (Å²) in [5, 5.41) is 3.59. The van der Waals surface area contributed by atoms with E-state index in [4.69, 9.17) is 11.6 Å². The summed E-state index contributed by atoms with van der Waals surface area (Å²) in [6.07, 6.45) is 0. The molecule has 0 fully saturated rings. The highest BCUT2D eigenvalue weighted by Gasteiger charge is 2.14. The van der Waals surface area contributed by atoms with E-state index in [1.54, 1.807) is 0 Å². The predicted octanol–water partition coefficient (Wildman–Crippen LogP) is 2.96. The van der Waals surface area contributed by atoms with Crippen molar-refractivity contribution < 1.29 is 0 Å². The summed E-state index contributed by atoms with van der Waals surface area (Å²) in [7, 11) is 0. The molecule has 0 atom stereocenters. The number of nitrogens with one attached hydrogen (secondary N) is 1. The predicted molar refractivity (Wildman–Crippen MR) is 59.9 cm³/mol. The van der Waals surface area contributed by atoms with Gasteiger partial charge in [0.15, 0.2) is 0 Å². The number of aryl methyl sites for hydroxylation is 1. The Morgan fingerprint density at radius 3 is 2.21 bits per heavy atom. The van der Waals surface area contributed by atoms with Gasteiger partial charge in [-0.2, -0.15) is 0 Å². The Balaban J connectivity index is 3.09. The third kappa shape index (κ3) is 2.84. The molecule has 1 rings (SSSR count). The molecule has 0 saturated heterocycles. The molecule has 0 saturated carbocycles. The summed E-state index contributed by atoms with van der Waals surface area (Å²) in [4.78, 5) is 8.24. The van der Waals surface area contributed by atoms with Crippen LogP contribution in [0.3, 0.4) is 0 Å². The van der Waals surface area contributed by atoms with Gasteiger partial charge in [0, 0.05) is 16.8 Å². The van der Waals surface area contributed by atoms with Gasteiger partial charge in [-0.15, -0.1) is 0 Å². The molecule has 0 aromatic carbocycles. The first-order chi connectivity index (χ1) is 6.29. The molecule has 4 heteroatoms. The summed E-state index contributed by atoms with van der Waals surface area (Å²) in [5.74, 6) is 0.815. The van der Waals surface area contributed by atoms with E-state index >= 15 is 0 Å². The van der Waals surface area contributed by atoms with Crippen molar-refractivity contribution >= 4 is 17.4 Å². The van der Waals surface area contributed by atoms with Gasteiger partial charge < -0.3 is 5.32 Å². The standard InChI is InChI=1S/C10H16ClN3/c1-6-7(2)12-9(11)13-8(6)14-10(3,4)5/h1-5H3,(H,12,13,14). The number of anilines is 1. The fourth-order valence-electron chi connectivity index (χ4n) is 1.07. The summed E-state index contributed by atoms with van der Waals surface area (Å²) in [6.45, 7) is 10.2. The van der Waals surface area contributed by atoms with Crippen molar-refractivity contribution in [3.8, 4) is 0 Å². The van der Waals surface area contributed by atoms with Crippen LogP contribution in [0.15, 0.2) is 0 Å². The molecule has 0 aliphatic carbocycles. The minimum absolute atomic E-state index is 0.0190. The normalized spacial score (nSPS) is 11.6. The van der Waals surface area contributed by atoms with Gasteiger partial charge in [0.25, 0.3) is 0 Å². The summed E-state index contributed by atoms with van der Waals surface area (Å²) < 4.78 is 0. The van der Waals surface area contributed by atoms with E-state index in [-0.39, 0.29) is 5.54 Å². The second kappa shape index (κ2) is 3.73. The number of hydrogen-bond donors (Lipinski definition) is 1. The smallest absolute Gasteiger partial charge is 0.224 e. The van der Waals surface area contributed by atoms with E-state index in [0.717, 1.165) is 17.1 Å². The lowest BCUT2D eigenvalue weighted by molar-refractivity contribution is 0.628. The Morgan fingerprint density at radius 1 is 1.14 bits per heavy atom. The molecule has 0 unspecified atom stereocenters. The van der Waals surface area contributed by atoms with Gasteiger partial charge in [0.2, 0.25) is 5.28 Å².